The van der Waals surface area contributed by atoms with Gasteiger partial charge in [0.25, 0.3) is 0 Å². The fraction of sp³-hybridized carbons (Fsp3) is 0.524. The molecule has 0 saturated heterocycles. The van der Waals surface area contributed by atoms with E-state index in [0.717, 1.165) is 31.2 Å². The van der Waals surface area contributed by atoms with Crippen molar-refractivity contribution >= 4 is 12.0 Å². The Morgan fingerprint density at radius 1 is 1.11 bits per heavy atom. The molecule has 1 aromatic rings. The van der Waals surface area contributed by atoms with Crippen LogP contribution in [0.15, 0.2) is 35.5 Å². The molecule has 1 saturated carbocycles. The molecule has 0 radical (unpaired) electrons. The van der Waals surface area contributed by atoms with E-state index in [4.69, 9.17) is 9.47 Å². The molecule has 3 rings (SSSR count). The van der Waals surface area contributed by atoms with Crippen LogP contribution in [0.2, 0.25) is 0 Å². The molecular formula is C21H28N2O4. The average molecular weight is 372 g/mol. The Balaban J connectivity index is 1.83. The van der Waals surface area contributed by atoms with Crippen molar-refractivity contribution in [3.05, 3.63) is 41.1 Å². The summed E-state index contributed by atoms with van der Waals surface area (Å²) in [5, 5.41) is 5.54. The van der Waals surface area contributed by atoms with Gasteiger partial charge in [-0.25, -0.2) is 9.59 Å². The summed E-state index contributed by atoms with van der Waals surface area (Å²) in [6.45, 7) is 1.74. The number of esters is 1. The maximum atomic E-state index is 13.0. The fourth-order valence-electron chi connectivity index (χ4n) is 3.79. The van der Waals surface area contributed by atoms with Gasteiger partial charge in [0.1, 0.15) is 11.9 Å². The molecule has 1 atom stereocenters. The second-order valence-electron chi connectivity index (χ2n) is 7.22. The topological polar surface area (TPSA) is 76.7 Å². The van der Waals surface area contributed by atoms with E-state index >= 15 is 0 Å². The molecule has 0 unspecified atom stereocenters. The smallest absolute Gasteiger partial charge is 0.338 e. The molecule has 1 aliphatic carbocycles. The molecule has 6 nitrogen and oxygen atoms in total. The van der Waals surface area contributed by atoms with Crippen molar-refractivity contribution < 1.29 is 19.1 Å². The Bertz CT molecular complexity index is 721. The number of nitrogens with one attached hydrogen (secondary N) is 2. The van der Waals surface area contributed by atoms with E-state index in [1.54, 1.807) is 14.0 Å². The summed E-state index contributed by atoms with van der Waals surface area (Å²) < 4.78 is 11.1. The van der Waals surface area contributed by atoms with Gasteiger partial charge in [0.2, 0.25) is 0 Å². The second kappa shape index (κ2) is 8.93. The third-order valence-electron chi connectivity index (χ3n) is 5.24. The molecule has 1 aromatic carbocycles. The number of amides is 2. The second-order valence-corrected chi connectivity index (χ2v) is 7.22. The number of hydrogen-bond acceptors (Lipinski definition) is 4. The summed E-state index contributed by atoms with van der Waals surface area (Å²) in [6.07, 6.45) is 7.58. The van der Waals surface area contributed by atoms with Crippen molar-refractivity contribution in [1.82, 2.24) is 10.6 Å². The zero-order chi connectivity index (χ0) is 19.2. The molecule has 0 aromatic heterocycles. The van der Waals surface area contributed by atoms with Crippen LogP contribution < -0.4 is 15.4 Å². The molecule has 1 heterocycles. The summed E-state index contributed by atoms with van der Waals surface area (Å²) in [7, 11) is 1.59. The molecule has 2 N–H and O–H groups in total. The van der Waals surface area contributed by atoms with Crippen molar-refractivity contribution in [2.24, 2.45) is 0 Å². The number of urea groups is 1. The maximum absolute atomic E-state index is 13.0. The number of allylic oxidation sites excluding steroid dienone is 1. The van der Waals surface area contributed by atoms with Gasteiger partial charge in [-0.3, -0.25) is 0 Å². The standard InChI is InChI=1S/C21H28N2O4/c1-14-18(20(24)27-16-10-6-4-3-5-7-11-16)19(23-21(25)22-14)15-9-8-12-17(13-15)26-2/h8-9,12-13,16,19H,3-7,10-11H2,1-2H3,(H2,22,23,25)/t19-/m1/s1. The average Bonchev–Trinajstić information content (AvgIpc) is 2.63. The third kappa shape index (κ3) is 4.81. The van der Waals surface area contributed by atoms with Crippen LogP contribution in [0.25, 0.3) is 0 Å². The predicted molar refractivity (Wildman–Crippen MR) is 102 cm³/mol. The van der Waals surface area contributed by atoms with E-state index < -0.39 is 6.04 Å². The van der Waals surface area contributed by atoms with Crippen LogP contribution in [0.1, 0.15) is 63.5 Å². The van der Waals surface area contributed by atoms with Crippen molar-refractivity contribution in [1.29, 1.82) is 0 Å². The summed E-state index contributed by atoms with van der Waals surface area (Å²) in [5.41, 5.74) is 1.76. The van der Waals surface area contributed by atoms with E-state index in [1.807, 2.05) is 24.3 Å². The minimum Gasteiger partial charge on any atom is -0.497 e. The van der Waals surface area contributed by atoms with Crippen molar-refractivity contribution in [3.63, 3.8) is 0 Å². The van der Waals surface area contributed by atoms with E-state index in [9.17, 15) is 9.59 Å². The minimum absolute atomic E-state index is 0.0540. The molecule has 2 aliphatic rings. The number of ether oxygens (including phenoxy) is 2. The monoisotopic (exact) mass is 372 g/mol. The van der Waals surface area contributed by atoms with Crippen molar-refractivity contribution in [2.45, 2.75) is 64.0 Å². The molecule has 6 heteroatoms. The molecule has 0 bridgehead atoms. The molecule has 1 aliphatic heterocycles. The number of rotatable bonds is 4. The predicted octanol–water partition coefficient (Wildman–Crippen LogP) is 3.98. The SMILES string of the molecule is COc1cccc([C@H]2NC(=O)NC(C)=C2C(=O)OC2CCCCCCC2)c1. The Kier molecular flexibility index (Phi) is 6.37. The highest BCUT2D eigenvalue weighted by Gasteiger charge is 2.33. The lowest BCUT2D eigenvalue weighted by Gasteiger charge is -2.30. The summed E-state index contributed by atoms with van der Waals surface area (Å²) in [5.74, 6) is 0.309. The van der Waals surface area contributed by atoms with Crippen LogP contribution in [0.5, 0.6) is 5.75 Å². The first-order chi connectivity index (χ1) is 13.1. The van der Waals surface area contributed by atoms with Crippen molar-refractivity contribution in [3.8, 4) is 5.75 Å². The number of hydrogen-bond donors (Lipinski definition) is 2. The summed E-state index contributed by atoms with van der Waals surface area (Å²) >= 11 is 0. The zero-order valence-corrected chi connectivity index (χ0v) is 16.0. The quantitative estimate of drug-likeness (QED) is 0.784. The normalized spacial score (nSPS) is 21.6. The van der Waals surface area contributed by atoms with Gasteiger partial charge in [-0.2, -0.15) is 0 Å². The van der Waals surface area contributed by atoms with Gasteiger partial charge in [0, 0.05) is 5.70 Å². The zero-order valence-electron chi connectivity index (χ0n) is 16.0. The Morgan fingerprint density at radius 3 is 2.52 bits per heavy atom. The lowest BCUT2D eigenvalue weighted by Crippen LogP contribution is -2.45. The highest BCUT2D eigenvalue weighted by Crippen LogP contribution is 2.31. The van der Waals surface area contributed by atoms with Gasteiger partial charge < -0.3 is 20.1 Å². The van der Waals surface area contributed by atoms with Crippen LogP contribution in [0, 0.1) is 0 Å². The van der Waals surface area contributed by atoms with Crippen LogP contribution in [0.3, 0.4) is 0 Å². The highest BCUT2D eigenvalue weighted by atomic mass is 16.5. The van der Waals surface area contributed by atoms with Crippen LogP contribution in [-0.4, -0.2) is 25.2 Å². The number of benzene rings is 1. The highest BCUT2D eigenvalue weighted by molar-refractivity contribution is 5.95. The minimum atomic E-state index is -0.560. The van der Waals surface area contributed by atoms with Gasteiger partial charge in [-0.1, -0.05) is 31.4 Å². The van der Waals surface area contributed by atoms with Gasteiger partial charge in [-0.05, 0) is 50.3 Å². The molecule has 1 fully saturated rings. The van der Waals surface area contributed by atoms with Gasteiger partial charge in [-0.15, -0.1) is 0 Å². The number of carbonyl (C=O) groups is 2. The molecule has 146 valence electrons. The molecule has 27 heavy (non-hydrogen) atoms. The van der Waals surface area contributed by atoms with Crippen LogP contribution >= 0.6 is 0 Å². The van der Waals surface area contributed by atoms with Gasteiger partial charge >= 0.3 is 12.0 Å². The Labute approximate surface area is 160 Å². The lowest BCUT2D eigenvalue weighted by molar-refractivity contribution is -0.145. The first-order valence-corrected chi connectivity index (χ1v) is 9.71. The number of methoxy groups -OCH3 is 1. The fourth-order valence-corrected chi connectivity index (χ4v) is 3.79. The van der Waals surface area contributed by atoms with Crippen LogP contribution in [0.4, 0.5) is 4.79 Å². The summed E-state index contributed by atoms with van der Waals surface area (Å²) in [6, 6.07) is 6.48. The Morgan fingerprint density at radius 2 is 1.81 bits per heavy atom. The molecule has 0 spiro atoms. The first-order valence-electron chi connectivity index (χ1n) is 9.71. The van der Waals surface area contributed by atoms with E-state index in [-0.39, 0.29) is 18.1 Å². The van der Waals surface area contributed by atoms with E-state index in [0.29, 0.717) is 17.0 Å². The lowest BCUT2D eigenvalue weighted by atomic mass is 9.95. The largest absolute Gasteiger partial charge is 0.497 e. The van der Waals surface area contributed by atoms with Crippen molar-refractivity contribution in [2.75, 3.05) is 7.11 Å². The first kappa shape index (κ1) is 19.3. The van der Waals surface area contributed by atoms with Gasteiger partial charge in [0.15, 0.2) is 0 Å². The third-order valence-corrected chi connectivity index (χ3v) is 5.24. The van der Waals surface area contributed by atoms with E-state index in [1.165, 1.54) is 19.3 Å². The van der Waals surface area contributed by atoms with E-state index in [2.05, 4.69) is 10.6 Å². The molecular weight excluding hydrogens is 344 g/mol. The Hall–Kier alpha value is -2.50. The van der Waals surface area contributed by atoms with Gasteiger partial charge in [0.05, 0.1) is 18.7 Å². The maximum Gasteiger partial charge on any atom is 0.338 e. The molecule has 2 amide bonds. The number of carbonyl (C=O) groups excluding carboxylic acids is 2. The summed E-state index contributed by atoms with van der Waals surface area (Å²) in [4.78, 5) is 25.0. The van der Waals surface area contributed by atoms with Crippen LogP contribution in [-0.2, 0) is 9.53 Å².